The summed E-state index contributed by atoms with van der Waals surface area (Å²) in [5.74, 6) is 0.564. The smallest absolute Gasteiger partial charge is 0.166 e. The van der Waals surface area contributed by atoms with E-state index < -0.39 is 0 Å². The number of aryl methyl sites for hydroxylation is 1. The number of aromatic nitrogens is 2. The number of ketones is 1. The van der Waals surface area contributed by atoms with Crippen molar-refractivity contribution in [2.24, 2.45) is 13.0 Å². The fraction of sp³-hybridized carbons (Fsp3) is 0.333. The van der Waals surface area contributed by atoms with E-state index in [9.17, 15) is 4.79 Å². The SMILES string of the molecule is Cn1cnc2cc(C(=O)C3CC3)ccc21. The third-order valence-corrected chi connectivity index (χ3v) is 2.96. The topological polar surface area (TPSA) is 34.9 Å². The summed E-state index contributed by atoms with van der Waals surface area (Å²) < 4.78 is 1.96. The van der Waals surface area contributed by atoms with Crippen molar-refractivity contribution in [2.45, 2.75) is 12.8 Å². The number of imidazole rings is 1. The van der Waals surface area contributed by atoms with Crippen LogP contribution in [-0.4, -0.2) is 15.3 Å². The van der Waals surface area contributed by atoms with Gasteiger partial charge in [-0.15, -0.1) is 0 Å². The van der Waals surface area contributed by atoms with Gasteiger partial charge in [-0.3, -0.25) is 4.79 Å². The quantitative estimate of drug-likeness (QED) is 0.696. The number of carbonyl (C=O) groups is 1. The Morgan fingerprint density at radius 2 is 2.27 bits per heavy atom. The van der Waals surface area contributed by atoms with Crippen LogP contribution < -0.4 is 0 Å². The highest BCUT2D eigenvalue weighted by Crippen LogP contribution is 2.33. The van der Waals surface area contributed by atoms with Crippen LogP contribution in [0.5, 0.6) is 0 Å². The molecule has 0 radical (unpaired) electrons. The molecular formula is C12H12N2O. The molecule has 0 spiro atoms. The molecule has 1 aliphatic carbocycles. The van der Waals surface area contributed by atoms with E-state index in [0.717, 1.165) is 29.4 Å². The van der Waals surface area contributed by atoms with Crippen molar-refractivity contribution in [3.8, 4) is 0 Å². The molecule has 1 aromatic carbocycles. The maximum absolute atomic E-state index is 11.8. The number of hydrogen-bond donors (Lipinski definition) is 0. The maximum atomic E-state index is 11.8. The number of Topliss-reactive ketones (excluding diaryl/α,β-unsaturated/α-hetero) is 1. The number of rotatable bonds is 2. The molecule has 1 saturated carbocycles. The Morgan fingerprint density at radius 1 is 1.47 bits per heavy atom. The third-order valence-electron chi connectivity index (χ3n) is 2.96. The fourth-order valence-electron chi connectivity index (χ4n) is 1.87. The van der Waals surface area contributed by atoms with Gasteiger partial charge in [0.2, 0.25) is 0 Å². The second-order valence-corrected chi connectivity index (χ2v) is 4.20. The predicted molar refractivity (Wildman–Crippen MR) is 57.8 cm³/mol. The minimum Gasteiger partial charge on any atom is -0.334 e. The first kappa shape index (κ1) is 8.65. The molecule has 1 heterocycles. The lowest BCUT2D eigenvalue weighted by molar-refractivity contribution is 0.0968. The lowest BCUT2D eigenvalue weighted by Gasteiger charge is -1.99. The van der Waals surface area contributed by atoms with Crippen molar-refractivity contribution >= 4 is 16.8 Å². The van der Waals surface area contributed by atoms with Gasteiger partial charge in [0, 0.05) is 18.5 Å². The van der Waals surface area contributed by atoms with Crippen LogP contribution in [0.3, 0.4) is 0 Å². The molecule has 1 aliphatic rings. The molecule has 1 fully saturated rings. The summed E-state index contributed by atoms with van der Waals surface area (Å²) in [7, 11) is 1.96. The first-order valence-electron chi connectivity index (χ1n) is 5.21. The highest BCUT2D eigenvalue weighted by Gasteiger charge is 2.30. The van der Waals surface area contributed by atoms with Crippen LogP contribution in [0.15, 0.2) is 24.5 Å². The van der Waals surface area contributed by atoms with Crippen molar-refractivity contribution in [2.75, 3.05) is 0 Å². The second-order valence-electron chi connectivity index (χ2n) is 4.20. The standard InChI is InChI=1S/C12H12N2O/c1-14-7-13-10-6-9(4-5-11(10)14)12(15)8-2-3-8/h4-8H,2-3H2,1H3. The number of benzene rings is 1. The zero-order valence-corrected chi connectivity index (χ0v) is 8.60. The minimum atomic E-state index is 0.280. The molecule has 0 atom stereocenters. The van der Waals surface area contributed by atoms with Crippen molar-refractivity contribution in [1.29, 1.82) is 0 Å². The summed E-state index contributed by atoms with van der Waals surface area (Å²) in [6.07, 6.45) is 3.88. The summed E-state index contributed by atoms with van der Waals surface area (Å²) in [6, 6.07) is 5.78. The first-order valence-corrected chi connectivity index (χ1v) is 5.21. The van der Waals surface area contributed by atoms with Crippen LogP contribution >= 0.6 is 0 Å². The van der Waals surface area contributed by atoms with E-state index >= 15 is 0 Å². The van der Waals surface area contributed by atoms with E-state index in [1.54, 1.807) is 6.33 Å². The van der Waals surface area contributed by atoms with Gasteiger partial charge < -0.3 is 4.57 Å². The molecule has 0 saturated heterocycles. The summed E-state index contributed by atoms with van der Waals surface area (Å²) in [4.78, 5) is 16.1. The molecule has 3 nitrogen and oxygen atoms in total. The number of fused-ring (bicyclic) bond motifs is 1. The van der Waals surface area contributed by atoms with E-state index in [1.165, 1.54) is 0 Å². The van der Waals surface area contributed by atoms with Gasteiger partial charge in [0.1, 0.15) is 0 Å². The Kier molecular flexibility index (Phi) is 1.69. The van der Waals surface area contributed by atoms with Crippen LogP contribution in [-0.2, 0) is 7.05 Å². The van der Waals surface area contributed by atoms with Gasteiger partial charge in [0.15, 0.2) is 5.78 Å². The summed E-state index contributed by atoms with van der Waals surface area (Å²) in [5, 5.41) is 0. The average Bonchev–Trinajstić information content (AvgIpc) is 3.03. The van der Waals surface area contributed by atoms with Gasteiger partial charge in [-0.05, 0) is 31.0 Å². The highest BCUT2D eigenvalue weighted by atomic mass is 16.1. The van der Waals surface area contributed by atoms with Crippen molar-refractivity contribution in [1.82, 2.24) is 9.55 Å². The van der Waals surface area contributed by atoms with E-state index in [1.807, 2.05) is 29.8 Å². The van der Waals surface area contributed by atoms with Crippen LogP contribution in [0.4, 0.5) is 0 Å². The molecule has 0 amide bonds. The number of nitrogens with zero attached hydrogens (tertiary/aromatic N) is 2. The molecule has 15 heavy (non-hydrogen) atoms. The number of carbonyl (C=O) groups excluding carboxylic acids is 1. The highest BCUT2D eigenvalue weighted by molar-refractivity contribution is 6.01. The monoisotopic (exact) mass is 200 g/mol. The van der Waals surface area contributed by atoms with Crippen molar-refractivity contribution < 1.29 is 4.79 Å². The summed E-state index contributed by atoms with van der Waals surface area (Å²) in [5.41, 5.74) is 2.79. The maximum Gasteiger partial charge on any atom is 0.166 e. The summed E-state index contributed by atoms with van der Waals surface area (Å²) >= 11 is 0. The molecule has 0 aliphatic heterocycles. The predicted octanol–water partition coefficient (Wildman–Crippen LogP) is 2.17. The summed E-state index contributed by atoms with van der Waals surface area (Å²) in [6.45, 7) is 0. The third kappa shape index (κ3) is 1.35. The minimum absolute atomic E-state index is 0.280. The van der Waals surface area contributed by atoms with E-state index in [0.29, 0.717) is 0 Å². The molecule has 0 N–H and O–H groups in total. The Bertz CT molecular complexity index is 538. The molecule has 76 valence electrons. The van der Waals surface area contributed by atoms with Gasteiger partial charge in [-0.2, -0.15) is 0 Å². The van der Waals surface area contributed by atoms with Crippen molar-refractivity contribution in [3.05, 3.63) is 30.1 Å². The largest absolute Gasteiger partial charge is 0.334 e. The zero-order chi connectivity index (χ0) is 10.4. The Morgan fingerprint density at radius 3 is 3.00 bits per heavy atom. The second kappa shape index (κ2) is 2.92. The van der Waals surface area contributed by atoms with E-state index in [-0.39, 0.29) is 11.7 Å². The van der Waals surface area contributed by atoms with Crippen LogP contribution in [0.2, 0.25) is 0 Å². The van der Waals surface area contributed by atoms with Gasteiger partial charge in [-0.25, -0.2) is 4.98 Å². The van der Waals surface area contributed by atoms with Crippen molar-refractivity contribution in [3.63, 3.8) is 0 Å². The van der Waals surface area contributed by atoms with Crippen LogP contribution in [0, 0.1) is 5.92 Å². The lowest BCUT2D eigenvalue weighted by Crippen LogP contribution is -2.00. The molecule has 1 aromatic heterocycles. The van der Waals surface area contributed by atoms with Gasteiger partial charge in [0.25, 0.3) is 0 Å². The average molecular weight is 200 g/mol. The fourth-order valence-corrected chi connectivity index (χ4v) is 1.87. The van der Waals surface area contributed by atoms with Gasteiger partial charge in [-0.1, -0.05) is 0 Å². The first-order chi connectivity index (χ1) is 7.25. The zero-order valence-electron chi connectivity index (χ0n) is 8.60. The van der Waals surface area contributed by atoms with E-state index in [2.05, 4.69) is 4.98 Å². The van der Waals surface area contributed by atoms with Gasteiger partial charge in [0.05, 0.1) is 17.4 Å². The Hall–Kier alpha value is -1.64. The molecule has 0 bridgehead atoms. The normalized spacial score (nSPS) is 15.8. The Balaban J connectivity index is 2.09. The molecule has 0 unspecified atom stereocenters. The molecule has 3 heteroatoms. The van der Waals surface area contributed by atoms with E-state index in [4.69, 9.17) is 0 Å². The lowest BCUT2D eigenvalue weighted by atomic mass is 10.1. The van der Waals surface area contributed by atoms with Crippen LogP contribution in [0.25, 0.3) is 11.0 Å². The molecule has 3 rings (SSSR count). The van der Waals surface area contributed by atoms with Gasteiger partial charge >= 0.3 is 0 Å². The Labute approximate surface area is 87.7 Å². The van der Waals surface area contributed by atoms with Crippen LogP contribution in [0.1, 0.15) is 23.2 Å². The molecule has 2 aromatic rings. The molecular weight excluding hydrogens is 188 g/mol. The number of hydrogen-bond acceptors (Lipinski definition) is 2.